The van der Waals surface area contributed by atoms with Crippen LogP contribution >= 0.6 is 0 Å². The van der Waals surface area contributed by atoms with Crippen LogP contribution < -0.4 is 5.32 Å². The summed E-state index contributed by atoms with van der Waals surface area (Å²) in [5, 5.41) is 17.3. The van der Waals surface area contributed by atoms with E-state index in [-0.39, 0.29) is 0 Å². The lowest BCUT2D eigenvalue weighted by Crippen LogP contribution is -2.20. The van der Waals surface area contributed by atoms with Crippen molar-refractivity contribution in [1.82, 2.24) is 15.1 Å². The van der Waals surface area contributed by atoms with Crippen LogP contribution in [0.2, 0.25) is 0 Å². The lowest BCUT2D eigenvalue weighted by atomic mass is 10.1. The van der Waals surface area contributed by atoms with Crippen molar-refractivity contribution in [3.8, 4) is 0 Å². The molecular weight excluding hydrogens is 178 g/mol. The van der Waals surface area contributed by atoms with Gasteiger partial charge in [-0.05, 0) is 31.9 Å². The molecule has 1 atom stereocenters. The highest BCUT2D eigenvalue weighted by Gasteiger charge is 2.24. The molecule has 2 N–H and O–H groups in total. The number of aryl methyl sites for hydroxylation is 2. The van der Waals surface area contributed by atoms with Crippen LogP contribution in [0.15, 0.2) is 0 Å². The molecule has 0 radical (unpaired) electrons. The van der Waals surface area contributed by atoms with Crippen LogP contribution in [0.25, 0.3) is 0 Å². The lowest BCUT2D eigenvalue weighted by molar-refractivity contribution is 0.167. The van der Waals surface area contributed by atoms with E-state index in [1.165, 1.54) is 17.7 Å². The quantitative estimate of drug-likeness (QED) is 0.722. The summed E-state index contributed by atoms with van der Waals surface area (Å²) in [4.78, 5) is 0. The van der Waals surface area contributed by atoms with Crippen molar-refractivity contribution in [2.75, 3.05) is 13.6 Å². The van der Waals surface area contributed by atoms with Crippen LogP contribution in [0.5, 0.6) is 0 Å². The largest absolute Gasteiger partial charge is 0.385 e. The summed E-state index contributed by atoms with van der Waals surface area (Å²) in [7, 11) is 3.76. The summed E-state index contributed by atoms with van der Waals surface area (Å²) in [6.45, 7) is 0.589. The van der Waals surface area contributed by atoms with Crippen LogP contribution in [0.3, 0.4) is 0 Å². The molecule has 1 aliphatic rings. The Balaban J connectivity index is 2.32. The fourth-order valence-electron chi connectivity index (χ4n) is 2.25. The average molecular weight is 195 g/mol. The molecule has 2 rings (SSSR count). The first-order valence-corrected chi connectivity index (χ1v) is 5.11. The van der Waals surface area contributed by atoms with Crippen LogP contribution in [0.1, 0.15) is 29.5 Å². The van der Waals surface area contributed by atoms with Crippen molar-refractivity contribution in [2.45, 2.75) is 25.4 Å². The smallest absolute Gasteiger partial charge is 0.108 e. The number of nitrogens with one attached hydrogen (secondary N) is 1. The van der Waals surface area contributed by atoms with Crippen molar-refractivity contribution in [1.29, 1.82) is 0 Å². The molecule has 0 fully saturated rings. The Bertz CT molecular complexity index is 332. The Kier molecular flexibility index (Phi) is 2.56. The van der Waals surface area contributed by atoms with E-state index in [1.54, 1.807) is 0 Å². The Morgan fingerprint density at radius 2 is 2.36 bits per heavy atom. The van der Waals surface area contributed by atoms with Crippen molar-refractivity contribution in [3.05, 3.63) is 17.0 Å². The SMILES string of the molecule is CNCC(O)c1c2c(nn1C)CCC2. The first kappa shape index (κ1) is 9.68. The molecule has 0 aliphatic heterocycles. The number of fused-ring (bicyclic) bond motifs is 1. The van der Waals surface area contributed by atoms with E-state index in [2.05, 4.69) is 10.4 Å². The second kappa shape index (κ2) is 3.71. The van der Waals surface area contributed by atoms with Crippen molar-refractivity contribution < 1.29 is 5.11 Å². The molecule has 1 unspecified atom stereocenters. The van der Waals surface area contributed by atoms with Gasteiger partial charge >= 0.3 is 0 Å². The van der Waals surface area contributed by atoms with E-state index < -0.39 is 6.10 Å². The monoisotopic (exact) mass is 195 g/mol. The number of hydrogen-bond acceptors (Lipinski definition) is 3. The lowest BCUT2D eigenvalue weighted by Gasteiger charge is -2.12. The maximum absolute atomic E-state index is 9.93. The minimum Gasteiger partial charge on any atom is -0.385 e. The van der Waals surface area contributed by atoms with Crippen molar-refractivity contribution in [2.24, 2.45) is 7.05 Å². The standard InChI is InChI=1S/C10H17N3O/c1-11-6-9(14)10-7-4-3-5-8(7)12-13(10)2/h9,11,14H,3-6H2,1-2H3. The predicted octanol–water partition coefficient (Wildman–Crippen LogP) is 0.162. The van der Waals surface area contributed by atoms with Gasteiger partial charge in [0.25, 0.3) is 0 Å². The maximum Gasteiger partial charge on any atom is 0.108 e. The van der Waals surface area contributed by atoms with E-state index in [9.17, 15) is 5.11 Å². The Morgan fingerprint density at radius 1 is 1.57 bits per heavy atom. The van der Waals surface area contributed by atoms with E-state index in [1.807, 2.05) is 18.8 Å². The molecule has 0 aromatic carbocycles. The third-order valence-electron chi connectivity index (χ3n) is 2.83. The van der Waals surface area contributed by atoms with Crippen LogP contribution in [-0.2, 0) is 19.9 Å². The van der Waals surface area contributed by atoms with Gasteiger partial charge in [-0.25, -0.2) is 0 Å². The molecule has 0 saturated heterocycles. The van der Waals surface area contributed by atoms with Crippen molar-refractivity contribution in [3.63, 3.8) is 0 Å². The molecular formula is C10H17N3O. The molecule has 0 saturated carbocycles. The van der Waals surface area contributed by atoms with E-state index in [0.717, 1.165) is 18.5 Å². The van der Waals surface area contributed by atoms with Gasteiger partial charge in [-0.2, -0.15) is 5.10 Å². The minimum atomic E-state index is -0.431. The molecule has 1 heterocycles. The van der Waals surface area contributed by atoms with Crippen LogP contribution in [0.4, 0.5) is 0 Å². The van der Waals surface area contributed by atoms with Gasteiger partial charge < -0.3 is 10.4 Å². The minimum absolute atomic E-state index is 0.431. The highest BCUT2D eigenvalue weighted by Crippen LogP contribution is 2.28. The maximum atomic E-state index is 9.93. The molecule has 78 valence electrons. The van der Waals surface area contributed by atoms with E-state index in [4.69, 9.17) is 0 Å². The summed E-state index contributed by atoms with van der Waals surface area (Å²) in [5.74, 6) is 0. The highest BCUT2D eigenvalue weighted by atomic mass is 16.3. The number of nitrogens with zero attached hydrogens (tertiary/aromatic N) is 2. The fraction of sp³-hybridized carbons (Fsp3) is 0.700. The summed E-state index contributed by atoms with van der Waals surface area (Å²) in [5.41, 5.74) is 3.44. The molecule has 4 heteroatoms. The Labute approximate surface area is 83.9 Å². The molecule has 1 aliphatic carbocycles. The van der Waals surface area contributed by atoms with Gasteiger partial charge in [0.2, 0.25) is 0 Å². The van der Waals surface area contributed by atoms with Gasteiger partial charge in [0, 0.05) is 13.6 Å². The summed E-state index contributed by atoms with van der Waals surface area (Å²) in [6, 6.07) is 0. The summed E-state index contributed by atoms with van der Waals surface area (Å²) in [6.07, 6.45) is 2.88. The normalized spacial score (nSPS) is 17.1. The fourth-order valence-corrected chi connectivity index (χ4v) is 2.25. The third-order valence-corrected chi connectivity index (χ3v) is 2.83. The van der Waals surface area contributed by atoms with Gasteiger partial charge in [-0.1, -0.05) is 0 Å². The first-order valence-electron chi connectivity index (χ1n) is 5.11. The topological polar surface area (TPSA) is 50.1 Å². The van der Waals surface area contributed by atoms with Gasteiger partial charge in [-0.15, -0.1) is 0 Å². The van der Waals surface area contributed by atoms with Crippen molar-refractivity contribution >= 4 is 0 Å². The zero-order valence-electron chi connectivity index (χ0n) is 8.75. The second-order valence-corrected chi connectivity index (χ2v) is 3.86. The Morgan fingerprint density at radius 3 is 3.07 bits per heavy atom. The van der Waals surface area contributed by atoms with E-state index >= 15 is 0 Å². The number of aliphatic hydroxyl groups excluding tert-OH is 1. The zero-order chi connectivity index (χ0) is 10.1. The molecule has 0 amide bonds. The number of rotatable bonds is 3. The average Bonchev–Trinajstić information content (AvgIpc) is 2.63. The predicted molar refractivity (Wildman–Crippen MR) is 54.1 cm³/mol. The third kappa shape index (κ3) is 1.44. The van der Waals surface area contributed by atoms with Crippen LogP contribution in [0, 0.1) is 0 Å². The summed E-state index contributed by atoms with van der Waals surface area (Å²) < 4.78 is 1.83. The Hall–Kier alpha value is -0.870. The molecule has 14 heavy (non-hydrogen) atoms. The number of aromatic nitrogens is 2. The number of hydrogen-bond donors (Lipinski definition) is 2. The molecule has 1 aromatic heterocycles. The highest BCUT2D eigenvalue weighted by molar-refractivity contribution is 5.32. The molecule has 4 nitrogen and oxygen atoms in total. The molecule has 0 spiro atoms. The first-order chi connectivity index (χ1) is 6.74. The van der Waals surface area contributed by atoms with E-state index in [0.29, 0.717) is 6.54 Å². The second-order valence-electron chi connectivity index (χ2n) is 3.86. The van der Waals surface area contributed by atoms with Gasteiger partial charge in [-0.3, -0.25) is 4.68 Å². The number of aliphatic hydroxyl groups is 1. The van der Waals surface area contributed by atoms with Crippen LogP contribution in [-0.4, -0.2) is 28.5 Å². The van der Waals surface area contributed by atoms with Gasteiger partial charge in [0.15, 0.2) is 0 Å². The molecule has 0 bridgehead atoms. The number of likely N-dealkylation sites (N-methyl/N-ethyl adjacent to an activating group) is 1. The van der Waals surface area contributed by atoms with Gasteiger partial charge in [0.1, 0.15) is 6.10 Å². The summed E-state index contributed by atoms with van der Waals surface area (Å²) >= 11 is 0. The van der Waals surface area contributed by atoms with Gasteiger partial charge in [0.05, 0.1) is 11.4 Å². The molecule has 1 aromatic rings. The zero-order valence-corrected chi connectivity index (χ0v) is 8.75.